The van der Waals surface area contributed by atoms with E-state index in [4.69, 9.17) is 5.32 Å². The molecule has 2 saturated carbocycles. The molecule has 2 aliphatic carbocycles. The van der Waals surface area contributed by atoms with Crippen molar-refractivity contribution in [3.8, 4) is 0 Å². The van der Waals surface area contributed by atoms with Crippen molar-refractivity contribution in [3.63, 3.8) is 0 Å². The monoisotopic (exact) mass is 344 g/mol. The lowest BCUT2D eigenvalue weighted by Crippen LogP contribution is -2.60. The van der Waals surface area contributed by atoms with Crippen LogP contribution in [0.3, 0.4) is 0 Å². The summed E-state index contributed by atoms with van der Waals surface area (Å²) < 4.78 is 13.8. The third-order valence-electron chi connectivity index (χ3n) is 6.51. The molecule has 3 aliphatic rings. The molecule has 1 N–H and O–H groups in total. The van der Waals surface area contributed by atoms with Crippen LogP contribution in [0.4, 0.5) is 4.39 Å². The first-order valence-corrected chi connectivity index (χ1v) is 10.2. The van der Waals surface area contributed by atoms with Gasteiger partial charge in [0.15, 0.2) is 0 Å². The first-order chi connectivity index (χ1) is 12.3. The van der Waals surface area contributed by atoms with Crippen LogP contribution in [0.1, 0.15) is 63.4 Å². The average Bonchev–Trinajstić information content (AvgIpc) is 3.12. The summed E-state index contributed by atoms with van der Waals surface area (Å²) >= 11 is 0. The highest BCUT2D eigenvalue weighted by molar-refractivity contribution is 5.27. The minimum atomic E-state index is -0.130. The van der Waals surface area contributed by atoms with Crippen molar-refractivity contribution < 1.29 is 4.39 Å². The zero-order valence-corrected chi connectivity index (χ0v) is 15.2. The standard InChI is InChI=1S/C21H31FN3/c22-18-8-6-7-17(15-18)21(11-4-5-12-21)24-20-16-25(14-13-23-20)19-9-2-1-3-10-19/h6-8,15,19-20,24H,1-5,9-14,16H2. The molecule has 25 heavy (non-hydrogen) atoms. The lowest BCUT2D eigenvalue weighted by atomic mass is 9.87. The van der Waals surface area contributed by atoms with Crippen LogP contribution in [0, 0.1) is 5.82 Å². The molecule has 3 nitrogen and oxygen atoms in total. The van der Waals surface area contributed by atoms with Crippen molar-refractivity contribution in [2.75, 3.05) is 19.6 Å². The van der Waals surface area contributed by atoms with E-state index >= 15 is 0 Å². The largest absolute Gasteiger partial charge is 0.296 e. The zero-order chi connectivity index (χ0) is 17.1. The Morgan fingerprint density at radius 2 is 1.88 bits per heavy atom. The lowest BCUT2D eigenvalue weighted by molar-refractivity contribution is 0.0888. The second kappa shape index (κ2) is 7.73. The van der Waals surface area contributed by atoms with E-state index in [1.807, 2.05) is 6.07 Å². The van der Waals surface area contributed by atoms with Gasteiger partial charge in [0.2, 0.25) is 0 Å². The summed E-state index contributed by atoms with van der Waals surface area (Å²) in [4.78, 5) is 2.66. The van der Waals surface area contributed by atoms with E-state index in [0.717, 1.165) is 44.1 Å². The second-order valence-electron chi connectivity index (χ2n) is 8.15. The molecule has 4 heteroatoms. The molecule has 1 aliphatic heterocycles. The number of nitrogens with one attached hydrogen (secondary N) is 1. The van der Waals surface area contributed by atoms with Crippen molar-refractivity contribution in [1.82, 2.24) is 15.5 Å². The molecule has 0 aromatic heterocycles. The maximum atomic E-state index is 13.8. The summed E-state index contributed by atoms with van der Waals surface area (Å²) in [6, 6.07) is 7.95. The minimum absolute atomic E-state index is 0.0914. The smallest absolute Gasteiger partial charge is 0.123 e. The second-order valence-corrected chi connectivity index (χ2v) is 8.15. The van der Waals surface area contributed by atoms with Gasteiger partial charge in [0.25, 0.3) is 0 Å². The molecule has 1 atom stereocenters. The fourth-order valence-corrected chi connectivity index (χ4v) is 5.18. The molecule has 0 spiro atoms. The third-order valence-corrected chi connectivity index (χ3v) is 6.51. The van der Waals surface area contributed by atoms with Gasteiger partial charge in [-0.1, -0.05) is 44.2 Å². The van der Waals surface area contributed by atoms with Crippen LogP contribution in [0.5, 0.6) is 0 Å². The predicted molar refractivity (Wildman–Crippen MR) is 98.9 cm³/mol. The lowest BCUT2D eigenvalue weighted by Gasteiger charge is -2.43. The number of benzene rings is 1. The molecular weight excluding hydrogens is 313 g/mol. The van der Waals surface area contributed by atoms with Crippen molar-refractivity contribution in [2.24, 2.45) is 0 Å². The number of hydrogen-bond donors (Lipinski definition) is 1. The van der Waals surface area contributed by atoms with Gasteiger partial charge in [-0.05, 0) is 43.4 Å². The highest BCUT2D eigenvalue weighted by Crippen LogP contribution is 2.39. The summed E-state index contributed by atoms with van der Waals surface area (Å²) in [5.41, 5.74) is 1.02. The molecule has 1 saturated heterocycles. The molecular formula is C21H31FN3. The quantitative estimate of drug-likeness (QED) is 0.901. The van der Waals surface area contributed by atoms with Gasteiger partial charge in [0, 0.05) is 31.2 Å². The number of halogens is 1. The van der Waals surface area contributed by atoms with Crippen LogP contribution in [0.2, 0.25) is 0 Å². The van der Waals surface area contributed by atoms with Gasteiger partial charge in [0.1, 0.15) is 5.82 Å². The molecule has 1 aromatic rings. The van der Waals surface area contributed by atoms with Crippen LogP contribution in [-0.4, -0.2) is 36.7 Å². The topological polar surface area (TPSA) is 29.4 Å². The summed E-state index contributed by atoms with van der Waals surface area (Å²) in [6.07, 6.45) is 11.6. The van der Waals surface area contributed by atoms with Crippen LogP contribution < -0.4 is 10.6 Å². The minimum Gasteiger partial charge on any atom is -0.296 e. The van der Waals surface area contributed by atoms with Crippen LogP contribution in [-0.2, 0) is 5.54 Å². The first-order valence-electron chi connectivity index (χ1n) is 10.2. The maximum Gasteiger partial charge on any atom is 0.123 e. The molecule has 1 radical (unpaired) electrons. The summed E-state index contributed by atoms with van der Waals surface area (Å²) in [7, 11) is 0. The zero-order valence-electron chi connectivity index (χ0n) is 15.2. The van der Waals surface area contributed by atoms with Crippen molar-refractivity contribution in [1.29, 1.82) is 0 Å². The fraction of sp³-hybridized carbons (Fsp3) is 0.714. The van der Waals surface area contributed by atoms with E-state index in [-0.39, 0.29) is 17.5 Å². The first kappa shape index (κ1) is 17.4. The van der Waals surface area contributed by atoms with E-state index in [9.17, 15) is 4.39 Å². The van der Waals surface area contributed by atoms with Gasteiger partial charge in [-0.15, -0.1) is 0 Å². The third kappa shape index (κ3) is 3.91. The molecule has 4 rings (SSSR count). The summed E-state index contributed by atoms with van der Waals surface area (Å²) in [5.74, 6) is -0.130. The highest BCUT2D eigenvalue weighted by Gasteiger charge is 2.39. The molecule has 3 fully saturated rings. The van der Waals surface area contributed by atoms with Crippen LogP contribution in [0.25, 0.3) is 0 Å². The molecule has 0 amide bonds. The van der Waals surface area contributed by atoms with Gasteiger partial charge in [-0.25, -0.2) is 9.71 Å². The summed E-state index contributed by atoms with van der Waals surface area (Å²) in [6.45, 7) is 3.05. The SMILES string of the molecule is Fc1cccc(C2(NC3CN(C4CCCCC4)CC[N]3)CCCC2)c1. The Hall–Kier alpha value is -0.970. The Bertz CT molecular complexity index is 564. The van der Waals surface area contributed by atoms with Gasteiger partial charge in [-0.3, -0.25) is 10.2 Å². The number of hydrogen-bond acceptors (Lipinski definition) is 2. The number of piperazine rings is 1. The maximum absolute atomic E-state index is 13.8. The van der Waals surface area contributed by atoms with Gasteiger partial charge in [-0.2, -0.15) is 0 Å². The Morgan fingerprint density at radius 1 is 1.08 bits per heavy atom. The van der Waals surface area contributed by atoms with E-state index in [1.165, 1.54) is 44.9 Å². The van der Waals surface area contributed by atoms with Crippen molar-refractivity contribution in [2.45, 2.75) is 75.5 Å². The molecule has 1 aromatic carbocycles. The van der Waals surface area contributed by atoms with Crippen molar-refractivity contribution >= 4 is 0 Å². The predicted octanol–water partition coefficient (Wildman–Crippen LogP) is 3.76. The van der Waals surface area contributed by atoms with Gasteiger partial charge in [0.05, 0.1) is 6.17 Å². The molecule has 137 valence electrons. The van der Waals surface area contributed by atoms with Gasteiger partial charge >= 0.3 is 0 Å². The molecule has 0 bridgehead atoms. The van der Waals surface area contributed by atoms with E-state index in [0.29, 0.717) is 0 Å². The number of rotatable bonds is 4. The fourth-order valence-electron chi connectivity index (χ4n) is 5.18. The Kier molecular flexibility index (Phi) is 5.39. The van der Waals surface area contributed by atoms with E-state index in [2.05, 4.69) is 16.3 Å². The molecule has 1 heterocycles. The molecule has 1 unspecified atom stereocenters. The highest BCUT2D eigenvalue weighted by atomic mass is 19.1. The average molecular weight is 344 g/mol. The normalized spacial score (nSPS) is 28.3. The number of nitrogens with zero attached hydrogens (tertiary/aromatic N) is 2. The Labute approximate surface area is 151 Å². The van der Waals surface area contributed by atoms with E-state index < -0.39 is 0 Å². The van der Waals surface area contributed by atoms with Crippen LogP contribution >= 0.6 is 0 Å². The summed E-state index contributed by atoms with van der Waals surface area (Å²) in [5, 5.41) is 8.75. The van der Waals surface area contributed by atoms with Crippen LogP contribution in [0.15, 0.2) is 24.3 Å². The Balaban J connectivity index is 1.46. The van der Waals surface area contributed by atoms with Gasteiger partial charge < -0.3 is 0 Å². The van der Waals surface area contributed by atoms with E-state index in [1.54, 1.807) is 12.1 Å². The van der Waals surface area contributed by atoms with Crippen molar-refractivity contribution in [3.05, 3.63) is 35.6 Å². The Morgan fingerprint density at radius 3 is 2.64 bits per heavy atom.